The van der Waals surface area contributed by atoms with Crippen LogP contribution >= 0.6 is 0 Å². The van der Waals surface area contributed by atoms with Gasteiger partial charge in [0.05, 0.1) is 0 Å². The number of benzene rings is 3. The molecule has 0 aliphatic carbocycles. The first-order valence-corrected chi connectivity index (χ1v) is 12.3. The van der Waals surface area contributed by atoms with Gasteiger partial charge in [0.15, 0.2) is 0 Å². The second-order valence-electron chi connectivity index (χ2n) is 8.44. The maximum absolute atomic E-state index is 12.2. The Labute approximate surface area is 216 Å². The van der Waals surface area contributed by atoms with Gasteiger partial charge >= 0.3 is 12.3 Å². The number of rotatable bonds is 9. The van der Waals surface area contributed by atoms with E-state index in [0.29, 0.717) is 18.5 Å². The molecule has 0 saturated heterocycles. The lowest BCUT2D eigenvalue weighted by Crippen LogP contribution is -2.17. The van der Waals surface area contributed by atoms with Crippen LogP contribution in [0, 0.1) is 6.92 Å². The maximum atomic E-state index is 12.2. The topological polar surface area (TPSA) is 58.6 Å². The number of carboxylic acid groups (broad SMARTS) is 1. The predicted octanol–water partition coefficient (Wildman–Crippen LogP) is 8.20. The van der Waals surface area contributed by atoms with Gasteiger partial charge in [0.1, 0.15) is 5.75 Å². The summed E-state index contributed by atoms with van der Waals surface area (Å²) >= 11 is 0. The SMILES string of the molecule is CC/C(=C\c1c(C)cccc1NCc1ccc(OC(F)(F)F)cc1)C(=O)O.CCc1cccc(CC)c1. The number of anilines is 1. The molecule has 3 aromatic rings. The van der Waals surface area contributed by atoms with E-state index < -0.39 is 12.3 Å². The summed E-state index contributed by atoms with van der Waals surface area (Å²) in [5.41, 5.74) is 6.38. The van der Waals surface area contributed by atoms with Crippen molar-refractivity contribution in [3.8, 4) is 5.75 Å². The monoisotopic (exact) mass is 513 g/mol. The Morgan fingerprint density at radius 2 is 1.51 bits per heavy atom. The quantitative estimate of drug-likeness (QED) is 0.283. The number of carbonyl (C=O) groups is 1. The summed E-state index contributed by atoms with van der Waals surface area (Å²) in [7, 11) is 0. The molecule has 37 heavy (non-hydrogen) atoms. The summed E-state index contributed by atoms with van der Waals surface area (Å²) in [6.45, 7) is 8.40. The molecular formula is C30H34F3NO3. The second-order valence-corrected chi connectivity index (χ2v) is 8.44. The Balaban J connectivity index is 0.000000402. The molecule has 0 amide bonds. The van der Waals surface area contributed by atoms with Crippen molar-refractivity contribution in [3.63, 3.8) is 0 Å². The molecule has 0 heterocycles. The summed E-state index contributed by atoms with van der Waals surface area (Å²) < 4.78 is 40.5. The summed E-state index contributed by atoms with van der Waals surface area (Å²) in [6, 6.07) is 19.9. The molecule has 0 bridgehead atoms. The van der Waals surface area contributed by atoms with Crippen LogP contribution in [-0.2, 0) is 24.2 Å². The van der Waals surface area contributed by atoms with E-state index in [-0.39, 0.29) is 5.75 Å². The van der Waals surface area contributed by atoms with Gasteiger partial charge in [-0.05, 0) is 72.7 Å². The maximum Gasteiger partial charge on any atom is 0.573 e. The number of alkyl halides is 3. The Kier molecular flexibility index (Phi) is 11.2. The minimum absolute atomic E-state index is 0.278. The Morgan fingerprint density at radius 3 is 2.03 bits per heavy atom. The van der Waals surface area contributed by atoms with Gasteiger partial charge in [0, 0.05) is 23.4 Å². The van der Waals surface area contributed by atoms with Gasteiger partial charge in [-0.1, -0.05) is 69.3 Å². The number of halogens is 3. The summed E-state index contributed by atoms with van der Waals surface area (Å²) in [5.74, 6) is -1.24. The van der Waals surface area contributed by atoms with Crippen molar-refractivity contribution in [1.82, 2.24) is 0 Å². The van der Waals surface area contributed by atoms with E-state index in [1.807, 2.05) is 25.1 Å². The van der Waals surface area contributed by atoms with Gasteiger partial charge in [0.25, 0.3) is 0 Å². The molecule has 4 nitrogen and oxygen atoms in total. The molecule has 0 aliphatic rings. The zero-order valence-electron chi connectivity index (χ0n) is 21.7. The largest absolute Gasteiger partial charge is 0.573 e. The van der Waals surface area contributed by atoms with Gasteiger partial charge in [0.2, 0.25) is 0 Å². The third-order valence-electron chi connectivity index (χ3n) is 5.75. The van der Waals surface area contributed by atoms with Crippen LogP contribution in [0.5, 0.6) is 5.75 Å². The molecule has 3 rings (SSSR count). The highest BCUT2D eigenvalue weighted by molar-refractivity contribution is 5.93. The first kappa shape index (κ1) is 29.5. The third-order valence-corrected chi connectivity index (χ3v) is 5.75. The lowest BCUT2D eigenvalue weighted by atomic mass is 10.0. The van der Waals surface area contributed by atoms with E-state index in [2.05, 4.69) is 48.2 Å². The van der Waals surface area contributed by atoms with Crippen LogP contribution in [0.2, 0.25) is 0 Å². The molecule has 0 aliphatic heterocycles. The molecule has 198 valence electrons. The van der Waals surface area contributed by atoms with Crippen LogP contribution in [0.15, 0.2) is 72.3 Å². The van der Waals surface area contributed by atoms with Crippen molar-refractivity contribution in [1.29, 1.82) is 0 Å². The highest BCUT2D eigenvalue weighted by Gasteiger charge is 2.30. The van der Waals surface area contributed by atoms with Gasteiger partial charge in [-0.3, -0.25) is 0 Å². The van der Waals surface area contributed by atoms with Gasteiger partial charge < -0.3 is 15.2 Å². The number of carboxylic acids is 1. The van der Waals surface area contributed by atoms with E-state index in [0.717, 1.165) is 35.2 Å². The number of hydrogen-bond acceptors (Lipinski definition) is 3. The van der Waals surface area contributed by atoms with Crippen molar-refractivity contribution in [2.75, 3.05) is 5.32 Å². The van der Waals surface area contributed by atoms with Gasteiger partial charge in [-0.2, -0.15) is 0 Å². The van der Waals surface area contributed by atoms with Crippen molar-refractivity contribution in [2.45, 2.75) is 59.9 Å². The molecule has 3 aromatic carbocycles. The van der Waals surface area contributed by atoms with Crippen LogP contribution in [0.1, 0.15) is 55.0 Å². The second kappa shape index (κ2) is 14.1. The van der Waals surface area contributed by atoms with Crippen LogP contribution in [0.25, 0.3) is 6.08 Å². The fraction of sp³-hybridized carbons (Fsp3) is 0.300. The molecule has 0 unspecified atom stereocenters. The van der Waals surface area contributed by atoms with E-state index in [1.165, 1.54) is 35.4 Å². The highest BCUT2D eigenvalue weighted by Crippen LogP contribution is 2.26. The zero-order chi connectivity index (χ0) is 27.4. The van der Waals surface area contributed by atoms with Crippen LogP contribution < -0.4 is 10.1 Å². The van der Waals surface area contributed by atoms with Crippen molar-refractivity contribution in [3.05, 3.63) is 100 Å². The summed E-state index contributed by atoms with van der Waals surface area (Å²) in [5, 5.41) is 12.5. The molecule has 7 heteroatoms. The zero-order valence-corrected chi connectivity index (χ0v) is 21.7. The molecular weight excluding hydrogens is 479 g/mol. The van der Waals surface area contributed by atoms with Gasteiger partial charge in [-0.25, -0.2) is 4.79 Å². The first-order chi connectivity index (χ1) is 17.6. The minimum atomic E-state index is -4.72. The normalized spacial score (nSPS) is 11.4. The summed E-state index contributed by atoms with van der Waals surface area (Å²) in [4.78, 5) is 11.3. The van der Waals surface area contributed by atoms with Crippen LogP contribution in [0.4, 0.5) is 18.9 Å². The average molecular weight is 514 g/mol. The Morgan fingerprint density at radius 1 is 0.919 bits per heavy atom. The lowest BCUT2D eigenvalue weighted by Gasteiger charge is -2.14. The Bertz CT molecular complexity index is 1170. The Hall–Kier alpha value is -3.74. The van der Waals surface area contributed by atoms with Crippen LogP contribution in [0.3, 0.4) is 0 Å². The van der Waals surface area contributed by atoms with E-state index >= 15 is 0 Å². The number of hydrogen-bond donors (Lipinski definition) is 2. The molecule has 0 saturated carbocycles. The molecule has 0 spiro atoms. The molecule has 0 fully saturated rings. The van der Waals surface area contributed by atoms with Crippen molar-refractivity contribution in [2.24, 2.45) is 0 Å². The predicted molar refractivity (Wildman–Crippen MR) is 143 cm³/mol. The van der Waals surface area contributed by atoms with E-state index in [1.54, 1.807) is 13.0 Å². The third kappa shape index (κ3) is 10.0. The van der Waals surface area contributed by atoms with Crippen LogP contribution in [-0.4, -0.2) is 17.4 Å². The van der Waals surface area contributed by atoms with Gasteiger partial charge in [-0.15, -0.1) is 13.2 Å². The average Bonchev–Trinajstić information content (AvgIpc) is 2.87. The number of aliphatic carboxylic acids is 1. The lowest BCUT2D eigenvalue weighted by molar-refractivity contribution is -0.274. The van der Waals surface area contributed by atoms with E-state index in [4.69, 9.17) is 0 Å². The fourth-order valence-corrected chi connectivity index (χ4v) is 3.59. The van der Waals surface area contributed by atoms with Crippen molar-refractivity contribution >= 4 is 17.7 Å². The minimum Gasteiger partial charge on any atom is -0.478 e. The standard InChI is InChI=1S/C20H20F3NO3.C10H14/c1-3-15(19(25)26)11-17-13(2)5-4-6-18(17)24-12-14-7-9-16(10-8-14)27-20(21,22)23;1-3-9-6-5-7-10(4-2)8-9/h4-11,24H,3,12H2,1-2H3,(H,25,26);5-8H,3-4H2,1-2H3/b15-11+;. The smallest absolute Gasteiger partial charge is 0.478 e. The van der Waals surface area contributed by atoms with Crippen molar-refractivity contribution < 1.29 is 27.8 Å². The fourth-order valence-electron chi connectivity index (χ4n) is 3.59. The number of ether oxygens (including phenoxy) is 1. The highest BCUT2D eigenvalue weighted by atomic mass is 19.4. The molecule has 0 atom stereocenters. The first-order valence-electron chi connectivity index (χ1n) is 12.3. The molecule has 0 aromatic heterocycles. The summed E-state index contributed by atoms with van der Waals surface area (Å²) in [6.07, 6.45) is -0.393. The molecule has 2 N–H and O–H groups in total. The molecule has 0 radical (unpaired) electrons. The van der Waals surface area contributed by atoms with E-state index in [9.17, 15) is 23.1 Å². The number of aryl methyl sites for hydroxylation is 3. The number of nitrogens with one attached hydrogen (secondary N) is 1.